The number of nitrogens with zero attached hydrogens (tertiary/aromatic N) is 2. The van der Waals surface area contributed by atoms with Crippen molar-refractivity contribution in [2.24, 2.45) is 0 Å². The third kappa shape index (κ3) is 4.38. The van der Waals surface area contributed by atoms with Crippen LogP contribution in [-0.4, -0.2) is 4.57 Å². The fourth-order valence-corrected chi connectivity index (χ4v) is 9.28. The summed E-state index contributed by atoms with van der Waals surface area (Å²) in [5, 5.41) is 7.28. The molecular formula is C48H30N2OS. The van der Waals surface area contributed by atoms with E-state index < -0.39 is 0 Å². The normalized spacial score (nSPS) is 11.8. The summed E-state index contributed by atoms with van der Waals surface area (Å²) in [5.41, 5.74) is 11.1. The molecule has 3 nitrogen and oxygen atoms in total. The van der Waals surface area contributed by atoms with Crippen molar-refractivity contribution in [1.82, 2.24) is 4.57 Å². The molecule has 52 heavy (non-hydrogen) atoms. The highest BCUT2D eigenvalue weighted by Gasteiger charge is 2.22. The molecule has 4 heteroatoms. The van der Waals surface area contributed by atoms with Gasteiger partial charge in [-0.1, -0.05) is 109 Å². The van der Waals surface area contributed by atoms with E-state index in [0.29, 0.717) is 0 Å². The first-order valence-corrected chi connectivity index (χ1v) is 18.4. The van der Waals surface area contributed by atoms with Gasteiger partial charge in [0, 0.05) is 43.0 Å². The van der Waals surface area contributed by atoms with E-state index in [-0.39, 0.29) is 0 Å². The van der Waals surface area contributed by atoms with E-state index in [1.165, 1.54) is 58.8 Å². The Morgan fingerprint density at radius 2 is 1.10 bits per heavy atom. The van der Waals surface area contributed by atoms with Crippen LogP contribution in [0.3, 0.4) is 0 Å². The number of hydrogen-bond donors (Lipinski definition) is 0. The Balaban J connectivity index is 1.10. The van der Waals surface area contributed by atoms with Crippen molar-refractivity contribution >= 4 is 92.3 Å². The summed E-state index contributed by atoms with van der Waals surface area (Å²) in [6, 6.07) is 65.4. The van der Waals surface area contributed by atoms with Crippen molar-refractivity contribution in [3.63, 3.8) is 0 Å². The highest BCUT2D eigenvalue weighted by atomic mass is 32.1. The summed E-state index contributed by atoms with van der Waals surface area (Å²) >= 11 is 1.85. The zero-order chi connectivity index (χ0) is 34.2. The Hall–Kier alpha value is -6.62. The predicted molar refractivity (Wildman–Crippen MR) is 221 cm³/mol. The van der Waals surface area contributed by atoms with E-state index in [1.807, 2.05) is 17.4 Å². The minimum Gasteiger partial charge on any atom is -0.456 e. The first-order valence-electron chi connectivity index (χ1n) is 17.6. The van der Waals surface area contributed by atoms with Crippen LogP contribution in [-0.2, 0) is 0 Å². The van der Waals surface area contributed by atoms with Gasteiger partial charge in [0.25, 0.3) is 0 Å². The van der Waals surface area contributed by atoms with Gasteiger partial charge in [0.15, 0.2) is 0 Å². The van der Waals surface area contributed by atoms with E-state index in [2.05, 4.69) is 185 Å². The molecule has 0 spiro atoms. The molecule has 0 amide bonds. The first kappa shape index (κ1) is 29.1. The van der Waals surface area contributed by atoms with Crippen LogP contribution in [0.4, 0.5) is 17.1 Å². The van der Waals surface area contributed by atoms with E-state index in [4.69, 9.17) is 4.42 Å². The Morgan fingerprint density at radius 1 is 0.442 bits per heavy atom. The highest BCUT2D eigenvalue weighted by Crippen LogP contribution is 2.48. The van der Waals surface area contributed by atoms with Crippen LogP contribution in [0.15, 0.2) is 186 Å². The molecule has 0 radical (unpaired) electrons. The van der Waals surface area contributed by atoms with E-state index in [0.717, 1.165) is 39.0 Å². The maximum Gasteiger partial charge on any atom is 0.137 e. The molecule has 0 bridgehead atoms. The van der Waals surface area contributed by atoms with Gasteiger partial charge in [-0.25, -0.2) is 0 Å². The SMILES string of the molecule is c1ccc(-n2c3ccccc3c3cc(-c4ccc(N(c5cccc6c5sc5ccccc56)c5cccc6oc7ccccc7c56)cc4)ccc32)cc1. The average Bonchev–Trinajstić information content (AvgIpc) is 3.89. The maximum absolute atomic E-state index is 6.40. The van der Waals surface area contributed by atoms with Crippen LogP contribution < -0.4 is 4.90 Å². The second-order valence-corrected chi connectivity index (χ2v) is 14.4. The number of para-hydroxylation sites is 3. The smallest absolute Gasteiger partial charge is 0.137 e. The molecule has 11 aromatic rings. The van der Waals surface area contributed by atoms with E-state index in [1.54, 1.807) is 0 Å². The summed E-state index contributed by atoms with van der Waals surface area (Å²) in [6.07, 6.45) is 0. The fourth-order valence-electron chi connectivity index (χ4n) is 8.07. The topological polar surface area (TPSA) is 21.3 Å². The van der Waals surface area contributed by atoms with E-state index in [9.17, 15) is 0 Å². The molecule has 0 saturated heterocycles. The van der Waals surface area contributed by atoms with Crippen molar-refractivity contribution in [1.29, 1.82) is 0 Å². The molecule has 0 fully saturated rings. The van der Waals surface area contributed by atoms with Crippen molar-refractivity contribution < 1.29 is 4.42 Å². The van der Waals surface area contributed by atoms with Crippen molar-refractivity contribution in [3.05, 3.63) is 182 Å². The molecule has 0 aliphatic rings. The van der Waals surface area contributed by atoms with Gasteiger partial charge in [-0.3, -0.25) is 0 Å². The molecule has 8 aromatic carbocycles. The standard InChI is InChI=1S/C48H30N2OS/c1-2-12-33(13-3-1)49-40-18-7-4-14-35(40)39-30-32(26-29-41(39)49)31-24-27-34(28-25-31)50(42-19-11-22-45-47(42)38-16-5-8-21-44(38)51-45)43-20-10-17-37-36-15-6-9-23-46(36)52-48(37)43/h1-30H. The van der Waals surface area contributed by atoms with Gasteiger partial charge in [0.1, 0.15) is 11.2 Å². The van der Waals surface area contributed by atoms with Crippen LogP contribution >= 0.6 is 11.3 Å². The Bertz CT molecular complexity index is 3130. The van der Waals surface area contributed by atoms with Crippen LogP contribution in [0.1, 0.15) is 0 Å². The summed E-state index contributed by atoms with van der Waals surface area (Å²) < 4.78 is 11.3. The summed E-state index contributed by atoms with van der Waals surface area (Å²) in [6.45, 7) is 0. The number of anilines is 3. The molecule has 0 atom stereocenters. The van der Waals surface area contributed by atoms with Gasteiger partial charge in [-0.15, -0.1) is 11.3 Å². The van der Waals surface area contributed by atoms with Gasteiger partial charge in [0.2, 0.25) is 0 Å². The first-order chi connectivity index (χ1) is 25.8. The molecule has 3 aromatic heterocycles. The van der Waals surface area contributed by atoms with Crippen molar-refractivity contribution in [3.8, 4) is 16.8 Å². The second kappa shape index (κ2) is 11.5. The van der Waals surface area contributed by atoms with Gasteiger partial charge >= 0.3 is 0 Å². The number of furan rings is 1. The molecule has 0 N–H and O–H groups in total. The van der Waals surface area contributed by atoms with Gasteiger partial charge < -0.3 is 13.9 Å². The number of benzene rings is 8. The molecule has 0 aliphatic heterocycles. The third-order valence-corrected chi connectivity index (χ3v) is 11.6. The van der Waals surface area contributed by atoms with Crippen LogP contribution in [0.2, 0.25) is 0 Å². The lowest BCUT2D eigenvalue weighted by Crippen LogP contribution is -2.10. The minimum atomic E-state index is 0.881. The number of thiophene rings is 1. The summed E-state index contributed by atoms with van der Waals surface area (Å²) in [7, 11) is 0. The summed E-state index contributed by atoms with van der Waals surface area (Å²) in [5.74, 6) is 0. The van der Waals surface area contributed by atoms with Crippen molar-refractivity contribution in [2.45, 2.75) is 0 Å². The van der Waals surface area contributed by atoms with Crippen LogP contribution in [0, 0.1) is 0 Å². The third-order valence-electron chi connectivity index (χ3n) is 10.4. The fraction of sp³-hybridized carbons (Fsp3) is 0. The number of hydrogen-bond acceptors (Lipinski definition) is 3. The summed E-state index contributed by atoms with van der Waals surface area (Å²) in [4.78, 5) is 2.42. The Morgan fingerprint density at radius 3 is 1.98 bits per heavy atom. The molecule has 3 heterocycles. The molecule has 0 unspecified atom stereocenters. The molecule has 244 valence electrons. The van der Waals surface area contributed by atoms with Gasteiger partial charge in [0.05, 0.1) is 32.5 Å². The Kier molecular flexibility index (Phi) is 6.42. The average molecular weight is 683 g/mol. The number of aromatic nitrogens is 1. The molecule has 0 aliphatic carbocycles. The zero-order valence-electron chi connectivity index (χ0n) is 28.0. The van der Waals surface area contributed by atoms with Crippen LogP contribution in [0.5, 0.6) is 0 Å². The highest BCUT2D eigenvalue weighted by molar-refractivity contribution is 7.26. The quantitative estimate of drug-likeness (QED) is 0.180. The monoisotopic (exact) mass is 682 g/mol. The zero-order valence-corrected chi connectivity index (χ0v) is 28.8. The van der Waals surface area contributed by atoms with Crippen LogP contribution in [0.25, 0.3) is 80.7 Å². The minimum absolute atomic E-state index is 0.881. The molecule has 11 rings (SSSR count). The lowest BCUT2D eigenvalue weighted by Gasteiger charge is -2.27. The maximum atomic E-state index is 6.40. The number of rotatable bonds is 5. The van der Waals surface area contributed by atoms with E-state index >= 15 is 0 Å². The lowest BCUT2D eigenvalue weighted by molar-refractivity contribution is 0.669. The largest absolute Gasteiger partial charge is 0.456 e. The van der Waals surface area contributed by atoms with Gasteiger partial charge in [-0.05, 0) is 83.9 Å². The van der Waals surface area contributed by atoms with Gasteiger partial charge in [-0.2, -0.15) is 0 Å². The molecular weight excluding hydrogens is 653 g/mol. The molecule has 0 saturated carbocycles. The second-order valence-electron chi connectivity index (χ2n) is 13.3. The Labute approximate surface area is 303 Å². The number of fused-ring (bicyclic) bond motifs is 9. The lowest BCUT2D eigenvalue weighted by atomic mass is 10.0. The van der Waals surface area contributed by atoms with Crippen molar-refractivity contribution in [2.75, 3.05) is 4.90 Å². The predicted octanol–water partition coefficient (Wildman–Crippen LogP) is 14.2.